The van der Waals surface area contributed by atoms with Crippen LogP contribution in [0.5, 0.6) is 0 Å². The van der Waals surface area contributed by atoms with E-state index in [-0.39, 0.29) is 5.91 Å². The molecule has 114 valence electrons. The molecule has 0 bridgehead atoms. The Hall–Kier alpha value is -1.66. The molecule has 0 unspecified atom stereocenters. The second kappa shape index (κ2) is 6.87. The van der Waals surface area contributed by atoms with Crippen LogP contribution in [-0.4, -0.2) is 54.4 Å². The highest BCUT2D eigenvalue weighted by Crippen LogP contribution is 2.33. The molecule has 0 atom stereocenters. The van der Waals surface area contributed by atoms with Gasteiger partial charge in [-0.25, -0.2) is 0 Å². The van der Waals surface area contributed by atoms with Gasteiger partial charge in [0.2, 0.25) is 0 Å². The van der Waals surface area contributed by atoms with Crippen molar-refractivity contribution in [1.82, 2.24) is 14.8 Å². The topological polar surface area (TPSA) is 62.5 Å². The van der Waals surface area contributed by atoms with Gasteiger partial charge in [0.15, 0.2) is 0 Å². The van der Waals surface area contributed by atoms with Gasteiger partial charge in [-0.1, -0.05) is 6.92 Å². The smallest absolute Gasteiger partial charge is 0.266 e. The first-order valence-electron chi connectivity index (χ1n) is 7.10. The second-order valence-electron chi connectivity index (χ2n) is 5.31. The molecule has 0 spiro atoms. The Morgan fingerprint density at radius 1 is 1.33 bits per heavy atom. The molecule has 2 aromatic heterocycles. The predicted molar refractivity (Wildman–Crippen MR) is 88.8 cm³/mol. The van der Waals surface area contributed by atoms with Crippen LogP contribution in [0.2, 0.25) is 0 Å². The Labute approximate surface area is 129 Å². The van der Waals surface area contributed by atoms with Gasteiger partial charge >= 0.3 is 0 Å². The van der Waals surface area contributed by atoms with Crippen LogP contribution in [0.25, 0.3) is 10.1 Å². The summed E-state index contributed by atoms with van der Waals surface area (Å²) in [6.45, 7) is 4.39. The SMILES string of the molecule is CCCN(CCN(C)C)C(=O)c1sc2cnccc2c1N. The Bertz CT molecular complexity index is 623. The molecule has 2 N–H and O–H groups in total. The van der Waals surface area contributed by atoms with Crippen LogP contribution in [0, 0.1) is 0 Å². The first-order chi connectivity index (χ1) is 10.0. The molecule has 0 aliphatic heterocycles. The van der Waals surface area contributed by atoms with E-state index in [1.165, 1.54) is 11.3 Å². The quantitative estimate of drug-likeness (QED) is 0.889. The van der Waals surface area contributed by atoms with Gasteiger partial charge in [0.25, 0.3) is 5.91 Å². The fourth-order valence-corrected chi connectivity index (χ4v) is 3.24. The number of carbonyl (C=O) groups excluding carboxylic acids is 1. The fourth-order valence-electron chi connectivity index (χ4n) is 2.18. The van der Waals surface area contributed by atoms with Gasteiger partial charge < -0.3 is 15.5 Å². The van der Waals surface area contributed by atoms with Crippen LogP contribution < -0.4 is 5.73 Å². The highest BCUT2D eigenvalue weighted by Gasteiger charge is 2.21. The number of hydrogen-bond acceptors (Lipinski definition) is 5. The highest BCUT2D eigenvalue weighted by atomic mass is 32.1. The van der Waals surface area contributed by atoms with Crippen molar-refractivity contribution in [3.63, 3.8) is 0 Å². The van der Waals surface area contributed by atoms with E-state index < -0.39 is 0 Å². The van der Waals surface area contributed by atoms with Gasteiger partial charge in [0, 0.05) is 37.4 Å². The zero-order valence-corrected chi connectivity index (χ0v) is 13.6. The van der Waals surface area contributed by atoms with E-state index in [1.54, 1.807) is 12.4 Å². The zero-order chi connectivity index (χ0) is 15.4. The van der Waals surface area contributed by atoms with Crippen molar-refractivity contribution < 1.29 is 4.79 Å². The summed E-state index contributed by atoms with van der Waals surface area (Å²) < 4.78 is 0.961. The molecule has 2 aromatic rings. The molecule has 0 saturated carbocycles. The molecule has 0 fully saturated rings. The van der Waals surface area contributed by atoms with E-state index in [2.05, 4.69) is 16.8 Å². The third kappa shape index (κ3) is 3.51. The largest absolute Gasteiger partial charge is 0.397 e. The standard InChI is InChI=1S/C15H22N4OS/c1-4-7-19(9-8-18(2)3)15(20)14-13(16)11-5-6-17-10-12(11)21-14/h5-6,10H,4,7-9,16H2,1-3H3. The molecular weight excluding hydrogens is 284 g/mol. The van der Waals surface area contributed by atoms with Crippen LogP contribution >= 0.6 is 11.3 Å². The van der Waals surface area contributed by atoms with Crippen molar-refractivity contribution in [1.29, 1.82) is 0 Å². The van der Waals surface area contributed by atoms with Crippen LogP contribution in [0.4, 0.5) is 5.69 Å². The number of hydrogen-bond donors (Lipinski definition) is 1. The van der Waals surface area contributed by atoms with Crippen molar-refractivity contribution in [3.8, 4) is 0 Å². The van der Waals surface area contributed by atoms with Crippen molar-refractivity contribution in [2.75, 3.05) is 39.5 Å². The normalized spacial score (nSPS) is 11.2. The van der Waals surface area contributed by atoms with E-state index >= 15 is 0 Å². The molecule has 2 heterocycles. The Morgan fingerprint density at radius 2 is 2.10 bits per heavy atom. The number of nitrogens with zero attached hydrogens (tertiary/aromatic N) is 3. The molecule has 0 aliphatic carbocycles. The van der Waals surface area contributed by atoms with E-state index in [0.717, 1.165) is 29.6 Å². The molecule has 5 nitrogen and oxygen atoms in total. The molecule has 0 saturated heterocycles. The summed E-state index contributed by atoms with van der Waals surface area (Å²) in [4.78, 5) is 21.4. The molecule has 0 radical (unpaired) electrons. The van der Waals surface area contributed by atoms with E-state index in [9.17, 15) is 4.79 Å². The molecule has 0 aliphatic rings. The van der Waals surface area contributed by atoms with Gasteiger partial charge in [-0.05, 0) is 26.6 Å². The Morgan fingerprint density at radius 3 is 2.71 bits per heavy atom. The lowest BCUT2D eigenvalue weighted by molar-refractivity contribution is 0.0751. The third-order valence-electron chi connectivity index (χ3n) is 3.32. The molecule has 1 amide bonds. The summed E-state index contributed by atoms with van der Waals surface area (Å²) in [5.74, 6) is 0.0254. The van der Waals surface area contributed by atoms with E-state index in [1.807, 2.05) is 25.1 Å². The molecule has 6 heteroatoms. The number of anilines is 1. The minimum Gasteiger partial charge on any atom is -0.397 e. The average Bonchev–Trinajstić information content (AvgIpc) is 2.80. The van der Waals surface area contributed by atoms with Crippen molar-refractivity contribution >= 4 is 33.0 Å². The highest BCUT2D eigenvalue weighted by molar-refractivity contribution is 7.21. The number of pyridine rings is 1. The lowest BCUT2D eigenvalue weighted by atomic mass is 10.2. The molecule has 2 rings (SSSR count). The van der Waals surface area contributed by atoms with Crippen molar-refractivity contribution in [2.24, 2.45) is 0 Å². The van der Waals surface area contributed by atoms with Gasteiger partial charge in [-0.2, -0.15) is 0 Å². The number of aromatic nitrogens is 1. The zero-order valence-electron chi connectivity index (χ0n) is 12.8. The summed E-state index contributed by atoms with van der Waals surface area (Å²) in [6, 6.07) is 1.86. The van der Waals surface area contributed by atoms with Gasteiger partial charge in [0.05, 0.1) is 10.4 Å². The van der Waals surface area contributed by atoms with Crippen LogP contribution in [0.3, 0.4) is 0 Å². The molecule has 21 heavy (non-hydrogen) atoms. The predicted octanol–water partition coefficient (Wildman–Crippen LogP) is 2.29. The summed E-state index contributed by atoms with van der Waals surface area (Å²) in [5, 5.41) is 0.919. The number of thiophene rings is 1. The minimum atomic E-state index is 0.0254. The number of carbonyl (C=O) groups is 1. The van der Waals surface area contributed by atoms with Gasteiger partial charge in [-0.3, -0.25) is 9.78 Å². The lowest BCUT2D eigenvalue weighted by Crippen LogP contribution is -2.37. The summed E-state index contributed by atoms with van der Waals surface area (Å²) in [7, 11) is 4.02. The van der Waals surface area contributed by atoms with Crippen LogP contribution in [0.1, 0.15) is 23.0 Å². The monoisotopic (exact) mass is 306 g/mol. The maximum absolute atomic E-state index is 12.8. The number of likely N-dealkylation sites (N-methyl/N-ethyl adjacent to an activating group) is 1. The number of amides is 1. The minimum absolute atomic E-state index is 0.0254. The first-order valence-corrected chi connectivity index (χ1v) is 7.92. The summed E-state index contributed by atoms with van der Waals surface area (Å²) >= 11 is 1.43. The maximum Gasteiger partial charge on any atom is 0.266 e. The summed E-state index contributed by atoms with van der Waals surface area (Å²) in [5.41, 5.74) is 6.73. The average molecular weight is 306 g/mol. The van der Waals surface area contributed by atoms with Crippen LogP contribution in [-0.2, 0) is 0 Å². The lowest BCUT2D eigenvalue weighted by Gasteiger charge is -2.23. The first kappa shape index (κ1) is 15.7. The van der Waals surface area contributed by atoms with E-state index in [0.29, 0.717) is 17.1 Å². The number of fused-ring (bicyclic) bond motifs is 1. The third-order valence-corrected chi connectivity index (χ3v) is 4.47. The number of nitrogen functional groups attached to an aromatic ring is 1. The van der Waals surface area contributed by atoms with Gasteiger partial charge in [-0.15, -0.1) is 11.3 Å². The summed E-state index contributed by atoms with van der Waals surface area (Å²) in [6.07, 6.45) is 4.40. The number of rotatable bonds is 6. The Kier molecular flexibility index (Phi) is 5.14. The van der Waals surface area contributed by atoms with Crippen molar-refractivity contribution in [3.05, 3.63) is 23.3 Å². The second-order valence-corrected chi connectivity index (χ2v) is 6.36. The van der Waals surface area contributed by atoms with Crippen LogP contribution in [0.15, 0.2) is 18.5 Å². The van der Waals surface area contributed by atoms with Crippen molar-refractivity contribution in [2.45, 2.75) is 13.3 Å². The Balaban J connectivity index is 2.27. The van der Waals surface area contributed by atoms with Gasteiger partial charge in [0.1, 0.15) is 4.88 Å². The maximum atomic E-state index is 12.8. The fraction of sp³-hybridized carbons (Fsp3) is 0.467. The molecular formula is C15H22N4OS. The number of nitrogens with two attached hydrogens (primary N) is 1. The molecule has 0 aromatic carbocycles. The van der Waals surface area contributed by atoms with E-state index in [4.69, 9.17) is 5.73 Å².